The van der Waals surface area contributed by atoms with Crippen LogP contribution in [0.5, 0.6) is 0 Å². The standard InChI is InChI=1S/C20H23NO6/c1-24-19(22)14-8-13(9-15(10-14)20(23)25-2)18-6-5-17(27-18)12-21-11-16-4-3-7-26-16/h5-6,8-10,16,21H,3-4,7,11-12H2,1-2H3/p+1/t16-/m1/s1. The Labute approximate surface area is 157 Å². The van der Waals surface area contributed by atoms with Crippen molar-refractivity contribution in [3.8, 4) is 11.3 Å². The maximum Gasteiger partial charge on any atom is 0.337 e. The highest BCUT2D eigenvalue weighted by Crippen LogP contribution is 2.25. The van der Waals surface area contributed by atoms with Crippen LogP contribution in [0.1, 0.15) is 39.3 Å². The summed E-state index contributed by atoms with van der Waals surface area (Å²) in [6.07, 6.45) is 2.55. The smallest absolute Gasteiger partial charge is 0.337 e. The number of furan rings is 1. The molecule has 2 heterocycles. The molecule has 0 aliphatic carbocycles. The number of nitrogens with two attached hydrogens (primary N) is 1. The minimum Gasteiger partial charge on any atom is -0.465 e. The second-order valence-corrected chi connectivity index (χ2v) is 6.41. The van der Waals surface area contributed by atoms with Gasteiger partial charge in [-0.1, -0.05) is 0 Å². The lowest BCUT2D eigenvalue weighted by Crippen LogP contribution is -2.84. The number of benzene rings is 1. The Morgan fingerprint density at radius 2 is 1.81 bits per heavy atom. The molecule has 2 aromatic rings. The number of hydrogen-bond acceptors (Lipinski definition) is 6. The quantitative estimate of drug-likeness (QED) is 0.743. The Morgan fingerprint density at radius 3 is 2.41 bits per heavy atom. The van der Waals surface area contributed by atoms with Gasteiger partial charge in [0.2, 0.25) is 0 Å². The minimum atomic E-state index is -0.529. The number of ether oxygens (including phenoxy) is 3. The molecule has 27 heavy (non-hydrogen) atoms. The van der Waals surface area contributed by atoms with Gasteiger partial charge < -0.3 is 23.9 Å². The van der Waals surface area contributed by atoms with E-state index in [0.29, 0.717) is 24.0 Å². The Kier molecular flexibility index (Phi) is 6.26. The molecule has 0 unspecified atom stereocenters. The highest BCUT2D eigenvalue weighted by molar-refractivity contribution is 5.97. The molecule has 1 atom stereocenters. The van der Waals surface area contributed by atoms with E-state index in [1.807, 2.05) is 12.1 Å². The summed E-state index contributed by atoms with van der Waals surface area (Å²) >= 11 is 0. The van der Waals surface area contributed by atoms with E-state index < -0.39 is 11.9 Å². The summed E-state index contributed by atoms with van der Waals surface area (Å²) < 4.78 is 21.0. The average molecular weight is 374 g/mol. The van der Waals surface area contributed by atoms with Gasteiger partial charge in [0, 0.05) is 12.2 Å². The number of rotatable bonds is 7. The van der Waals surface area contributed by atoms with Crippen molar-refractivity contribution in [3.63, 3.8) is 0 Å². The first-order valence-corrected chi connectivity index (χ1v) is 8.94. The molecule has 1 aromatic carbocycles. The first-order valence-electron chi connectivity index (χ1n) is 8.94. The van der Waals surface area contributed by atoms with Gasteiger partial charge in [-0.25, -0.2) is 9.59 Å². The second kappa shape index (κ2) is 8.83. The van der Waals surface area contributed by atoms with Crippen LogP contribution in [0.4, 0.5) is 0 Å². The zero-order chi connectivity index (χ0) is 19.2. The number of carbonyl (C=O) groups is 2. The molecule has 0 saturated carbocycles. The van der Waals surface area contributed by atoms with E-state index in [4.69, 9.17) is 18.6 Å². The summed E-state index contributed by atoms with van der Waals surface area (Å²) in [6.45, 7) is 2.45. The fraction of sp³-hybridized carbons (Fsp3) is 0.400. The number of esters is 2. The highest BCUT2D eigenvalue weighted by atomic mass is 16.5. The summed E-state index contributed by atoms with van der Waals surface area (Å²) in [5.41, 5.74) is 1.14. The number of quaternary nitrogens is 1. The topological polar surface area (TPSA) is 91.6 Å². The summed E-state index contributed by atoms with van der Waals surface area (Å²) in [5.74, 6) is 0.329. The average Bonchev–Trinajstić information content (AvgIpc) is 3.38. The Hall–Kier alpha value is -2.64. The summed E-state index contributed by atoms with van der Waals surface area (Å²) in [4.78, 5) is 23.8. The van der Waals surface area contributed by atoms with E-state index in [0.717, 1.165) is 31.8 Å². The molecule has 0 bridgehead atoms. The van der Waals surface area contributed by atoms with Gasteiger partial charge in [0.15, 0.2) is 5.76 Å². The van der Waals surface area contributed by atoms with Gasteiger partial charge in [0.25, 0.3) is 0 Å². The maximum atomic E-state index is 11.9. The first kappa shape index (κ1) is 19.1. The SMILES string of the molecule is COC(=O)c1cc(C(=O)OC)cc(-c2ccc(C[NH2+]C[C@H]3CCCO3)o2)c1. The molecular weight excluding hydrogens is 350 g/mol. The Morgan fingerprint density at radius 1 is 1.11 bits per heavy atom. The van der Waals surface area contributed by atoms with Gasteiger partial charge in [0.05, 0.1) is 25.3 Å². The lowest BCUT2D eigenvalue weighted by molar-refractivity contribution is -0.677. The number of hydrogen-bond donors (Lipinski definition) is 1. The van der Waals surface area contributed by atoms with Crippen molar-refractivity contribution in [1.29, 1.82) is 0 Å². The molecule has 3 rings (SSSR count). The lowest BCUT2D eigenvalue weighted by atomic mass is 10.0. The van der Waals surface area contributed by atoms with Crippen LogP contribution in [0.2, 0.25) is 0 Å². The van der Waals surface area contributed by atoms with Crippen molar-refractivity contribution >= 4 is 11.9 Å². The van der Waals surface area contributed by atoms with Crippen molar-refractivity contribution in [2.45, 2.75) is 25.5 Å². The molecule has 1 aliphatic heterocycles. The summed E-state index contributed by atoms with van der Waals surface area (Å²) in [5, 5.41) is 2.16. The van der Waals surface area contributed by atoms with Crippen molar-refractivity contribution in [3.05, 3.63) is 47.2 Å². The summed E-state index contributed by atoms with van der Waals surface area (Å²) in [7, 11) is 2.59. The van der Waals surface area contributed by atoms with E-state index in [-0.39, 0.29) is 11.1 Å². The van der Waals surface area contributed by atoms with Crippen LogP contribution >= 0.6 is 0 Å². The molecule has 1 aliphatic rings. The van der Waals surface area contributed by atoms with Crippen molar-refractivity contribution in [2.24, 2.45) is 0 Å². The van der Waals surface area contributed by atoms with Gasteiger partial charge in [-0.15, -0.1) is 0 Å². The first-order chi connectivity index (χ1) is 13.1. The predicted molar refractivity (Wildman–Crippen MR) is 96.3 cm³/mol. The number of methoxy groups -OCH3 is 2. The molecule has 1 aromatic heterocycles. The third-order valence-corrected chi connectivity index (χ3v) is 4.52. The molecule has 2 N–H and O–H groups in total. The highest BCUT2D eigenvalue weighted by Gasteiger charge is 2.18. The van der Waals surface area contributed by atoms with E-state index in [1.165, 1.54) is 20.3 Å². The molecule has 0 amide bonds. The Bertz CT molecular complexity index is 772. The molecule has 1 saturated heterocycles. The lowest BCUT2D eigenvalue weighted by Gasteiger charge is -2.07. The van der Waals surface area contributed by atoms with Crippen LogP contribution in [0.3, 0.4) is 0 Å². The minimum absolute atomic E-state index is 0.262. The largest absolute Gasteiger partial charge is 0.465 e. The number of carbonyl (C=O) groups excluding carboxylic acids is 2. The Balaban J connectivity index is 1.75. The fourth-order valence-corrected chi connectivity index (χ4v) is 3.13. The molecule has 0 spiro atoms. The molecule has 144 valence electrons. The van der Waals surface area contributed by atoms with Gasteiger partial charge in [-0.3, -0.25) is 0 Å². The molecular formula is C20H24NO6+. The molecule has 0 radical (unpaired) electrons. The van der Waals surface area contributed by atoms with Gasteiger partial charge in [-0.05, 0) is 43.2 Å². The normalized spacial score (nSPS) is 16.3. The third-order valence-electron chi connectivity index (χ3n) is 4.52. The monoisotopic (exact) mass is 374 g/mol. The summed E-state index contributed by atoms with van der Waals surface area (Å²) in [6, 6.07) is 8.44. The zero-order valence-electron chi connectivity index (χ0n) is 15.5. The van der Waals surface area contributed by atoms with Gasteiger partial charge in [0.1, 0.15) is 25.0 Å². The van der Waals surface area contributed by atoms with E-state index in [2.05, 4.69) is 5.32 Å². The van der Waals surface area contributed by atoms with E-state index in [9.17, 15) is 9.59 Å². The van der Waals surface area contributed by atoms with Crippen LogP contribution in [0, 0.1) is 0 Å². The molecule has 1 fully saturated rings. The van der Waals surface area contributed by atoms with Crippen molar-refractivity contribution in [2.75, 3.05) is 27.4 Å². The second-order valence-electron chi connectivity index (χ2n) is 6.41. The fourth-order valence-electron chi connectivity index (χ4n) is 3.13. The zero-order valence-corrected chi connectivity index (χ0v) is 15.5. The molecule has 7 nitrogen and oxygen atoms in total. The molecule has 7 heteroatoms. The predicted octanol–water partition coefficient (Wildman–Crippen LogP) is 1.76. The van der Waals surface area contributed by atoms with Crippen LogP contribution in [-0.4, -0.2) is 45.4 Å². The van der Waals surface area contributed by atoms with Crippen LogP contribution in [-0.2, 0) is 20.8 Å². The van der Waals surface area contributed by atoms with Crippen molar-refractivity contribution < 1.29 is 33.5 Å². The van der Waals surface area contributed by atoms with Gasteiger partial charge in [-0.2, -0.15) is 0 Å². The van der Waals surface area contributed by atoms with Gasteiger partial charge >= 0.3 is 11.9 Å². The third kappa shape index (κ3) is 4.75. The van der Waals surface area contributed by atoms with Crippen LogP contribution in [0.15, 0.2) is 34.7 Å². The van der Waals surface area contributed by atoms with Crippen molar-refractivity contribution in [1.82, 2.24) is 0 Å². The van der Waals surface area contributed by atoms with Crippen LogP contribution < -0.4 is 5.32 Å². The van der Waals surface area contributed by atoms with Crippen LogP contribution in [0.25, 0.3) is 11.3 Å². The van der Waals surface area contributed by atoms with E-state index >= 15 is 0 Å². The van der Waals surface area contributed by atoms with E-state index in [1.54, 1.807) is 12.1 Å². The maximum absolute atomic E-state index is 11.9.